The molecule has 0 spiro atoms. The molecule has 8 heteroatoms. The lowest BCUT2D eigenvalue weighted by Crippen LogP contribution is -2.34. The molecule has 28 heavy (non-hydrogen) atoms. The van der Waals surface area contributed by atoms with Gasteiger partial charge in [0.05, 0.1) is 10.1 Å². The second-order valence-electron chi connectivity index (χ2n) is 6.65. The van der Waals surface area contributed by atoms with Crippen LogP contribution in [-0.2, 0) is 9.84 Å². The van der Waals surface area contributed by atoms with E-state index in [0.717, 1.165) is 0 Å². The molecule has 1 aliphatic heterocycles. The first-order chi connectivity index (χ1) is 13.4. The summed E-state index contributed by atoms with van der Waals surface area (Å²) < 4.78 is 30.9. The van der Waals surface area contributed by atoms with Gasteiger partial charge in [0.15, 0.2) is 9.84 Å². The maximum absolute atomic E-state index is 12.8. The zero-order chi connectivity index (χ0) is 19.9. The molecular formula is C20H16ClNO5S. The molecule has 1 aliphatic rings. The number of para-hydroxylation sites is 1. The normalized spacial score (nSPS) is 17.2. The molecule has 144 valence electrons. The van der Waals surface area contributed by atoms with Crippen molar-refractivity contribution in [3.8, 4) is 0 Å². The average molecular weight is 418 g/mol. The zero-order valence-electron chi connectivity index (χ0n) is 14.7. The summed E-state index contributed by atoms with van der Waals surface area (Å²) in [7, 11) is -3.60. The number of benzene rings is 2. The van der Waals surface area contributed by atoms with Crippen LogP contribution in [0.15, 0.2) is 68.7 Å². The minimum atomic E-state index is -3.60. The second kappa shape index (κ2) is 7.07. The SMILES string of the molecule is O=C(c1cc2ccccc2oc1=O)N1CCC(S(=O)(=O)c2ccc(Cl)cc2)C1. The van der Waals surface area contributed by atoms with Crippen molar-refractivity contribution in [3.05, 3.63) is 75.6 Å². The molecule has 0 radical (unpaired) electrons. The standard InChI is InChI=1S/C20H16ClNO5S/c21-14-5-7-15(8-6-14)28(25,26)16-9-10-22(12-16)19(23)17-11-13-3-1-2-4-18(13)27-20(17)24/h1-8,11,16H,9-10,12H2. The Kier molecular flexibility index (Phi) is 4.72. The summed E-state index contributed by atoms with van der Waals surface area (Å²) in [5.41, 5.74) is -0.426. The Morgan fingerprint density at radius 2 is 1.82 bits per heavy atom. The molecule has 1 atom stereocenters. The number of amides is 1. The Morgan fingerprint density at radius 3 is 2.57 bits per heavy atom. The molecule has 0 N–H and O–H groups in total. The quantitative estimate of drug-likeness (QED) is 0.611. The monoisotopic (exact) mass is 417 g/mol. The first kappa shape index (κ1) is 18.7. The van der Waals surface area contributed by atoms with E-state index in [1.165, 1.54) is 35.2 Å². The smallest absolute Gasteiger partial charge is 0.349 e. The number of hydrogen-bond donors (Lipinski definition) is 0. The van der Waals surface area contributed by atoms with E-state index < -0.39 is 26.6 Å². The predicted molar refractivity (Wildman–Crippen MR) is 105 cm³/mol. The van der Waals surface area contributed by atoms with Crippen LogP contribution in [0.3, 0.4) is 0 Å². The van der Waals surface area contributed by atoms with Gasteiger partial charge in [-0.1, -0.05) is 29.8 Å². The van der Waals surface area contributed by atoms with Crippen molar-refractivity contribution >= 4 is 38.3 Å². The molecule has 1 aromatic heterocycles. The van der Waals surface area contributed by atoms with Gasteiger partial charge in [-0.05, 0) is 42.8 Å². The van der Waals surface area contributed by atoms with Crippen LogP contribution in [-0.4, -0.2) is 37.6 Å². The van der Waals surface area contributed by atoms with E-state index in [2.05, 4.69) is 0 Å². The van der Waals surface area contributed by atoms with E-state index in [4.69, 9.17) is 16.0 Å². The van der Waals surface area contributed by atoms with Gasteiger partial charge in [-0.3, -0.25) is 4.79 Å². The van der Waals surface area contributed by atoms with Crippen molar-refractivity contribution < 1.29 is 17.6 Å². The molecule has 6 nitrogen and oxygen atoms in total. The molecule has 2 heterocycles. The summed E-state index contributed by atoms with van der Waals surface area (Å²) in [6.07, 6.45) is 0.301. The Hall–Kier alpha value is -2.64. The van der Waals surface area contributed by atoms with Gasteiger partial charge >= 0.3 is 5.63 Å². The Morgan fingerprint density at radius 1 is 1.11 bits per heavy atom. The highest BCUT2D eigenvalue weighted by Gasteiger charge is 2.37. The number of carbonyl (C=O) groups is 1. The second-order valence-corrected chi connectivity index (χ2v) is 9.31. The molecule has 1 amide bonds. The van der Waals surface area contributed by atoms with Crippen LogP contribution in [0, 0.1) is 0 Å². The molecule has 0 bridgehead atoms. The fraction of sp³-hybridized carbons (Fsp3) is 0.200. The summed E-state index contributed by atoms with van der Waals surface area (Å²) in [6.45, 7) is 0.276. The number of carbonyl (C=O) groups excluding carboxylic acids is 1. The molecule has 2 aromatic carbocycles. The first-order valence-corrected chi connectivity index (χ1v) is 10.6. The molecule has 1 saturated heterocycles. The van der Waals surface area contributed by atoms with Gasteiger partial charge in [0.1, 0.15) is 11.1 Å². The number of sulfone groups is 1. The van der Waals surface area contributed by atoms with Crippen molar-refractivity contribution in [2.45, 2.75) is 16.6 Å². The third-order valence-corrected chi connectivity index (χ3v) is 7.33. The predicted octanol–water partition coefficient (Wildman–Crippen LogP) is 3.13. The molecular weight excluding hydrogens is 402 g/mol. The maximum Gasteiger partial charge on any atom is 0.349 e. The fourth-order valence-corrected chi connectivity index (χ4v) is 5.18. The van der Waals surface area contributed by atoms with Crippen LogP contribution in [0.25, 0.3) is 11.0 Å². The van der Waals surface area contributed by atoms with E-state index in [1.54, 1.807) is 24.3 Å². The van der Waals surface area contributed by atoms with Crippen LogP contribution in [0.5, 0.6) is 0 Å². The lowest BCUT2D eigenvalue weighted by molar-refractivity contribution is 0.0789. The number of likely N-dealkylation sites (tertiary alicyclic amines) is 1. The van der Waals surface area contributed by atoms with Crippen LogP contribution >= 0.6 is 11.6 Å². The van der Waals surface area contributed by atoms with Crippen LogP contribution in [0.1, 0.15) is 16.8 Å². The van der Waals surface area contributed by atoms with Crippen molar-refractivity contribution in [1.29, 1.82) is 0 Å². The van der Waals surface area contributed by atoms with Crippen LogP contribution in [0.2, 0.25) is 5.02 Å². The highest BCUT2D eigenvalue weighted by Crippen LogP contribution is 2.26. The van der Waals surface area contributed by atoms with E-state index in [0.29, 0.717) is 22.4 Å². The van der Waals surface area contributed by atoms with Crippen molar-refractivity contribution in [1.82, 2.24) is 4.90 Å². The zero-order valence-corrected chi connectivity index (χ0v) is 16.2. The Bertz CT molecular complexity index is 1220. The van der Waals surface area contributed by atoms with Gasteiger partial charge < -0.3 is 9.32 Å². The van der Waals surface area contributed by atoms with Crippen molar-refractivity contribution in [2.75, 3.05) is 13.1 Å². The number of nitrogens with zero attached hydrogens (tertiary/aromatic N) is 1. The van der Waals surface area contributed by atoms with E-state index in [-0.39, 0.29) is 23.5 Å². The van der Waals surface area contributed by atoms with Crippen molar-refractivity contribution in [3.63, 3.8) is 0 Å². The van der Waals surface area contributed by atoms with E-state index >= 15 is 0 Å². The largest absolute Gasteiger partial charge is 0.422 e. The Labute approximate surface area is 166 Å². The fourth-order valence-electron chi connectivity index (χ4n) is 3.36. The van der Waals surface area contributed by atoms with Crippen LogP contribution in [0.4, 0.5) is 0 Å². The summed E-state index contributed by atoms with van der Waals surface area (Å²) in [6, 6.07) is 14.4. The summed E-state index contributed by atoms with van der Waals surface area (Å²) >= 11 is 5.82. The number of hydrogen-bond acceptors (Lipinski definition) is 5. The summed E-state index contributed by atoms with van der Waals surface area (Å²) in [5, 5.41) is 0.352. The topological polar surface area (TPSA) is 84.7 Å². The highest BCUT2D eigenvalue weighted by atomic mass is 35.5. The minimum Gasteiger partial charge on any atom is -0.422 e. The van der Waals surface area contributed by atoms with Gasteiger partial charge in [-0.25, -0.2) is 13.2 Å². The first-order valence-electron chi connectivity index (χ1n) is 8.68. The maximum atomic E-state index is 12.8. The summed E-state index contributed by atoms with van der Waals surface area (Å²) in [4.78, 5) is 26.6. The number of fused-ring (bicyclic) bond motifs is 1. The van der Waals surface area contributed by atoms with Gasteiger partial charge in [-0.2, -0.15) is 0 Å². The summed E-state index contributed by atoms with van der Waals surface area (Å²) in [5.74, 6) is -0.520. The third kappa shape index (κ3) is 3.31. The third-order valence-electron chi connectivity index (χ3n) is 4.89. The van der Waals surface area contributed by atoms with Crippen LogP contribution < -0.4 is 5.63 Å². The van der Waals surface area contributed by atoms with Gasteiger partial charge in [0, 0.05) is 23.5 Å². The lowest BCUT2D eigenvalue weighted by atomic mass is 10.1. The molecule has 3 aromatic rings. The van der Waals surface area contributed by atoms with Gasteiger partial charge in [0.2, 0.25) is 0 Å². The Balaban J connectivity index is 1.59. The molecule has 1 fully saturated rings. The van der Waals surface area contributed by atoms with Gasteiger partial charge in [0.25, 0.3) is 5.91 Å². The lowest BCUT2D eigenvalue weighted by Gasteiger charge is -2.16. The van der Waals surface area contributed by atoms with E-state index in [9.17, 15) is 18.0 Å². The van der Waals surface area contributed by atoms with E-state index in [1.807, 2.05) is 0 Å². The highest BCUT2D eigenvalue weighted by molar-refractivity contribution is 7.92. The molecule has 4 rings (SSSR count). The number of halogens is 1. The molecule has 0 aliphatic carbocycles. The van der Waals surface area contributed by atoms with Gasteiger partial charge in [-0.15, -0.1) is 0 Å². The minimum absolute atomic E-state index is 0.0239. The number of rotatable bonds is 3. The molecule has 0 saturated carbocycles. The average Bonchev–Trinajstić information content (AvgIpc) is 3.18. The molecule has 1 unspecified atom stereocenters. The van der Waals surface area contributed by atoms with Crippen molar-refractivity contribution in [2.24, 2.45) is 0 Å².